The van der Waals surface area contributed by atoms with Crippen LogP contribution in [-0.4, -0.2) is 4.98 Å². The van der Waals surface area contributed by atoms with Gasteiger partial charge in [-0.2, -0.15) is 0 Å². The summed E-state index contributed by atoms with van der Waals surface area (Å²) < 4.78 is 2.55. The smallest absolute Gasteiger partial charge is 0.0726 e. The quantitative estimate of drug-likeness (QED) is 0.180. The fourth-order valence-electron chi connectivity index (χ4n) is 9.64. The molecule has 0 saturated heterocycles. The topological polar surface area (TPSA) is 16.1 Å². The Balaban J connectivity index is 1.14. The molecule has 2 aliphatic rings. The van der Waals surface area contributed by atoms with Crippen molar-refractivity contribution in [3.8, 4) is 33.4 Å². The van der Waals surface area contributed by atoms with Crippen molar-refractivity contribution in [2.45, 2.75) is 5.41 Å². The number of aromatic nitrogens is 1. The molecule has 1 spiro atoms. The van der Waals surface area contributed by atoms with E-state index in [1.165, 1.54) is 86.9 Å². The molecule has 0 unspecified atom stereocenters. The van der Waals surface area contributed by atoms with Gasteiger partial charge in [0.1, 0.15) is 0 Å². The molecular weight excluding hydrogens is 685 g/mol. The molecule has 0 aliphatic heterocycles. The first-order chi connectivity index (χ1) is 27.3. The number of nitrogens with zero attached hydrogens (tertiary/aromatic N) is 2. The number of fused-ring (bicyclic) bond motifs is 14. The zero-order chi connectivity index (χ0) is 36.1. The summed E-state index contributed by atoms with van der Waals surface area (Å²) in [6, 6.07) is 69.6. The Morgan fingerprint density at radius 3 is 1.82 bits per heavy atom. The lowest BCUT2D eigenvalue weighted by Crippen LogP contribution is -2.26. The van der Waals surface area contributed by atoms with Crippen LogP contribution in [0.15, 0.2) is 194 Å². The number of hydrogen-bond acceptors (Lipinski definition) is 3. The first-order valence-corrected chi connectivity index (χ1v) is 19.7. The molecular formula is C52H32N2S. The number of pyridine rings is 1. The maximum atomic E-state index is 4.73. The van der Waals surface area contributed by atoms with Crippen molar-refractivity contribution in [2.24, 2.45) is 0 Å². The Labute approximate surface area is 323 Å². The van der Waals surface area contributed by atoms with E-state index in [4.69, 9.17) is 4.98 Å². The van der Waals surface area contributed by atoms with Crippen molar-refractivity contribution < 1.29 is 0 Å². The van der Waals surface area contributed by atoms with Gasteiger partial charge in [0.05, 0.1) is 16.6 Å². The van der Waals surface area contributed by atoms with Gasteiger partial charge in [0.25, 0.3) is 0 Å². The van der Waals surface area contributed by atoms with Gasteiger partial charge in [-0.1, -0.05) is 133 Å². The van der Waals surface area contributed by atoms with Gasteiger partial charge in [-0.3, -0.25) is 4.98 Å². The van der Waals surface area contributed by atoms with Gasteiger partial charge in [-0.15, -0.1) is 11.3 Å². The van der Waals surface area contributed by atoms with Crippen LogP contribution in [0.4, 0.5) is 17.1 Å². The maximum absolute atomic E-state index is 4.73. The summed E-state index contributed by atoms with van der Waals surface area (Å²) >= 11 is 1.85. The van der Waals surface area contributed by atoms with Crippen LogP contribution in [-0.2, 0) is 5.41 Å². The molecule has 256 valence electrons. The van der Waals surface area contributed by atoms with Crippen LogP contribution in [0, 0.1) is 0 Å². The van der Waals surface area contributed by atoms with Crippen LogP contribution >= 0.6 is 11.3 Å². The van der Waals surface area contributed by atoms with Crippen LogP contribution in [0.5, 0.6) is 0 Å². The number of thiophene rings is 1. The highest BCUT2D eigenvalue weighted by Gasteiger charge is 2.52. The largest absolute Gasteiger partial charge is 0.310 e. The predicted molar refractivity (Wildman–Crippen MR) is 231 cm³/mol. The molecule has 0 N–H and O–H groups in total. The van der Waals surface area contributed by atoms with Gasteiger partial charge in [0.2, 0.25) is 0 Å². The Hall–Kier alpha value is -6.81. The van der Waals surface area contributed by atoms with Crippen LogP contribution in [0.3, 0.4) is 0 Å². The Morgan fingerprint density at radius 1 is 0.436 bits per heavy atom. The lowest BCUT2D eigenvalue weighted by atomic mass is 9.70. The summed E-state index contributed by atoms with van der Waals surface area (Å²) in [5.74, 6) is 0. The monoisotopic (exact) mass is 716 g/mol. The summed E-state index contributed by atoms with van der Waals surface area (Å²) in [5, 5.41) is 3.66. The van der Waals surface area contributed by atoms with Crippen molar-refractivity contribution in [3.63, 3.8) is 0 Å². The predicted octanol–water partition coefficient (Wildman–Crippen LogP) is 14.1. The lowest BCUT2D eigenvalue weighted by Gasteiger charge is -2.32. The Morgan fingerprint density at radius 2 is 1.05 bits per heavy atom. The molecule has 10 aromatic rings. The van der Waals surface area contributed by atoms with E-state index in [-0.39, 0.29) is 0 Å². The van der Waals surface area contributed by atoms with Crippen molar-refractivity contribution in [3.05, 3.63) is 217 Å². The van der Waals surface area contributed by atoms with E-state index >= 15 is 0 Å². The Bertz CT molecular complexity index is 3110. The molecule has 0 amide bonds. The normalized spacial score (nSPS) is 13.2. The van der Waals surface area contributed by atoms with Crippen LogP contribution in [0.2, 0.25) is 0 Å². The molecule has 0 radical (unpaired) electrons. The van der Waals surface area contributed by atoms with Crippen molar-refractivity contribution in [2.75, 3.05) is 4.90 Å². The summed E-state index contributed by atoms with van der Waals surface area (Å²) in [6.45, 7) is 0. The first kappa shape index (κ1) is 30.6. The molecule has 55 heavy (non-hydrogen) atoms. The minimum atomic E-state index is -0.417. The van der Waals surface area contributed by atoms with Gasteiger partial charge in [-0.25, -0.2) is 0 Å². The summed E-state index contributed by atoms with van der Waals surface area (Å²) in [6.07, 6.45) is 1.89. The van der Waals surface area contributed by atoms with E-state index in [1.54, 1.807) is 0 Å². The first-order valence-electron chi connectivity index (χ1n) is 18.9. The Kier molecular flexibility index (Phi) is 6.46. The fourth-order valence-corrected chi connectivity index (χ4v) is 10.8. The average molecular weight is 717 g/mol. The lowest BCUT2D eigenvalue weighted by molar-refractivity contribution is 0.794. The minimum absolute atomic E-state index is 0.417. The zero-order valence-corrected chi connectivity index (χ0v) is 30.6. The number of hydrogen-bond donors (Lipinski definition) is 0. The summed E-state index contributed by atoms with van der Waals surface area (Å²) in [4.78, 5) is 7.21. The average Bonchev–Trinajstić information content (AvgIpc) is 3.87. The second-order valence-corrected chi connectivity index (χ2v) is 15.7. The number of anilines is 3. The minimum Gasteiger partial charge on any atom is -0.310 e. The zero-order valence-electron chi connectivity index (χ0n) is 29.8. The van der Waals surface area contributed by atoms with E-state index < -0.39 is 5.41 Å². The fraction of sp³-hybridized carbons (Fsp3) is 0.0192. The number of rotatable bonds is 4. The molecule has 2 heterocycles. The standard InChI is InChI=1S/C52H32N2S/c1-2-12-33(13-3-1)34-23-25-36(26-24-34)54(37-27-28-49-41(31-37)42-32-47-35(14-11-29-53-47)30-50(42)55-49)48-22-10-21-46-51(48)40-17-6-9-20-45(40)52(46)43-18-7-4-15-38(43)39-16-5-8-19-44(39)52/h1-32H. The molecule has 2 nitrogen and oxygen atoms in total. The van der Waals surface area contributed by atoms with Crippen LogP contribution < -0.4 is 4.90 Å². The third-order valence-corrected chi connectivity index (χ3v) is 13.0. The van der Waals surface area contributed by atoms with E-state index in [2.05, 4.69) is 187 Å². The van der Waals surface area contributed by atoms with E-state index in [9.17, 15) is 0 Å². The maximum Gasteiger partial charge on any atom is 0.0726 e. The highest BCUT2D eigenvalue weighted by Crippen LogP contribution is 2.64. The highest BCUT2D eigenvalue weighted by atomic mass is 32.1. The van der Waals surface area contributed by atoms with Crippen LogP contribution in [0.1, 0.15) is 22.3 Å². The molecule has 0 saturated carbocycles. The molecule has 0 fully saturated rings. The third-order valence-electron chi connectivity index (χ3n) is 11.9. The van der Waals surface area contributed by atoms with E-state index in [0.29, 0.717) is 0 Å². The SMILES string of the molecule is c1ccc(-c2ccc(N(c3ccc4sc5cc6cccnc6cc5c4c3)c3cccc4c3-c3ccccc3C43c4ccccc4-c4ccccc43)cc2)cc1. The molecule has 2 aromatic heterocycles. The van der Waals surface area contributed by atoms with Gasteiger partial charge in [0, 0.05) is 48.7 Å². The second kappa shape index (κ2) is 11.6. The molecule has 2 aliphatic carbocycles. The highest BCUT2D eigenvalue weighted by molar-refractivity contribution is 7.25. The van der Waals surface area contributed by atoms with E-state index in [1.807, 2.05) is 23.6 Å². The van der Waals surface area contributed by atoms with Crippen LogP contribution in [0.25, 0.3) is 64.5 Å². The number of benzene rings is 8. The van der Waals surface area contributed by atoms with Gasteiger partial charge in [0.15, 0.2) is 0 Å². The second-order valence-electron chi connectivity index (χ2n) is 14.7. The summed E-state index contributed by atoms with van der Waals surface area (Å²) in [5.41, 5.74) is 17.0. The van der Waals surface area contributed by atoms with Gasteiger partial charge in [-0.05, 0) is 105 Å². The van der Waals surface area contributed by atoms with Crippen molar-refractivity contribution >= 4 is 59.5 Å². The van der Waals surface area contributed by atoms with Gasteiger partial charge < -0.3 is 4.90 Å². The van der Waals surface area contributed by atoms with Crippen molar-refractivity contribution in [1.82, 2.24) is 4.98 Å². The summed E-state index contributed by atoms with van der Waals surface area (Å²) in [7, 11) is 0. The van der Waals surface area contributed by atoms with E-state index in [0.717, 1.165) is 16.9 Å². The molecule has 3 heteroatoms. The third kappa shape index (κ3) is 4.27. The molecule has 0 atom stereocenters. The van der Waals surface area contributed by atoms with Gasteiger partial charge >= 0.3 is 0 Å². The molecule has 0 bridgehead atoms. The molecule has 8 aromatic carbocycles. The molecule has 12 rings (SSSR count). The van der Waals surface area contributed by atoms with Crippen molar-refractivity contribution in [1.29, 1.82) is 0 Å².